The summed E-state index contributed by atoms with van der Waals surface area (Å²) < 4.78 is 2.00. The van der Waals surface area contributed by atoms with Crippen LogP contribution in [0.3, 0.4) is 0 Å². The first-order valence-electron chi connectivity index (χ1n) is 8.82. The molecular formula is C20H28N4O. The third-order valence-corrected chi connectivity index (χ3v) is 5.94. The summed E-state index contributed by atoms with van der Waals surface area (Å²) in [7, 11) is 1.98. The predicted molar refractivity (Wildman–Crippen MR) is 99.2 cm³/mol. The molecule has 0 radical (unpaired) electrons. The Morgan fingerprint density at radius 1 is 1.24 bits per heavy atom. The largest absolute Gasteiger partial charge is 0.338 e. The Hall–Kier alpha value is -2.30. The molecular weight excluding hydrogens is 312 g/mol. The van der Waals surface area contributed by atoms with Gasteiger partial charge in [0, 0.05) is 43.4 Å². The summed E-state index contributed by atoms with van der Waals surface area (Å²) in [6, 6.07) is 10.00. The minimum Gasteiger partial charge on any atom is -0.338 e. The first kappa shape index (κ1) is 17.5. The molecule has 25 heavy (non-hydrogen) atoms. The van der Waals surface area contributed by atoms with E-state index in [1.165, 1.54) is 0 Å². The number of nitrogens with one attached hydrogen (secondary N) is 1. The Kier molecular flexibility index (Phi) is 4.35. The number of amides is 2. The van der Waals surface area contributed by atoms with Gasteiger partial charge in [-0.15, -0.1) is 0 Å². The second-order valence-corrected chi connectivity index (χ2v) is 8.10. The van der Waals surface area contributed by atoms with Crippen LogP contribution >= 0.6 is 0 Å². The van der Waals surface area contributed by atoms with Gasteiger partial charge < -0.3 is 14.8 Å². The number of urea groups is 1. The number of imidazole rings is 1. The standard InChI is InChI=1S/C20H28N4O/c1-19(2)14-24(20(19,3)4)18(25)22-16(15-9-7-6-8-10-15)13-17-21-11-12-23(17)5/h6-12,16H,13-14H2,1-5H3,(H,22,25)/t16-/m1/s1. The highest BCUT2D eigenvalue weighted by Crippen LogP contribution is 2.46. The molecule has 1 fully saturated rings. The maximum absolute atomic E-state index is 12.9. The molecule has 3 rings (SSSR count). The lowest BCUT2D eigenvalue weighted by atomic mass is 9.65. The van der Waals surface area contributed by atoms with E-state index in [1.807, 2.05) is 40.9 Å². The molecule has 1 aliphatic rings. The van der Waals surface area contributed by atoms with Crippen molar-refractivity contribution in [2.45, 2.75) is 45.7 Å². The van der Waals surface area contributed by atoms with E-state index in [9.17, 15) is 4.79 Å². The first-order chi connectivity index (χ1) is 11.7. The molecule has 1 saturated heterocycles. The molecule has 0 bridgehead atoms. The first-order valence-corrected chi connectivity index (χ1v) is 8.82. The molecule has 0 unspecified atom stereocenters. The van der Waals surface area contributed by atoms with Crippen molar-refractivity contribution in [1.82, 2.24) is 19.8 Å². The SMILES string of the molecule is Cn1ccnc1C[C@@H](NC(=O)N1CC(C)(C)C1(C)C)c1ccccc1. The number of carbonyl (C=O) groups excluding carboxylic acids is 1. The molecule has 0 spiro atoms. The average molecular weight is 340 g/mol. The van der Waals surface area contributed by atoms with Gasteiger partial charge in [0.2, 0.25) is 0 Å². The molecule has 1 aromatic heterocycles. The Morgan fingerprint density at radius 3 is 2.44 bits per heavy atom. The fourth-order valence-electron chi connectivity index (χ4n) is 3.33. The summed E-state index contributed by atoms with van der Waals surface area (Å²) in [5.41, 5.74) is 1.07. The summed E-state index contributed by atoms with van der Waals surface area (Å²) >= 11 is 0. The van der Waals surface area contributed by atoms with Crippen LogP contribution in [0.25, 0.3) is 0 Å². The average Bonchev–Trinajstić information content (AvgIpc) is 2.97. The summed E-state index contributed by atoms with van der Waals surface area (Å²) in [5, 5.41) is 3.23. The maximum atomic E-state index is 12.9. The zero-order valence-electron chi connectivity index (χ0n) is 15.8. The van der Waals surface area contributed by atoms with Crippen molar-refractivity contribution >= 4 is 6.03 Å². The van der Waals surface area contributed by atoms with Gasteiger partial charge in [-0.1, -0.05) is 44.2 Å². The van der Waals surface area contributed by atoms with E-state index in [-0.39, 0.29) is 23.0 Å². The molecule has 5 heteroatoms. The molecule has 0 aliphatic carbocycles. The highest BCUT2D eigenvalue weighted by atomic mass is 16.2. The van der Waals surface area contributed by atoms with Crippen molar-refractivity contribution in [2.24, 2.45) is 12.5 Å². The summed E-state index contributed by atoms with van der Waals surface area (Å²) in [5.74, 6) is 0.956. The number of benzene rings is 1. The molecule has 134 valence electrons. The van der Waals surface area contributed by atoms with Gasteiger partial charge in [-0.05, 0) is 19.4 Å². The Bertz CT molecular complexity index is 748. The maximum Gasteiger partial charge on any atom is 0.318 e. The topological polar surface area (TPSA) is 50.2 Å². The number of rotatable bonds is 4. The van der Waals surface area contributed by atoms with Gasteiger partial charge in [0.1, 0.15) is 5.82 Å². The van der Waals surface area contributed by atoms with Gasteiger partial charge >= 0.3 is 6.03 Å². The normalized spacial score (nSPS) is 19.2. The zero-order chi connectivity index (χ0) is 18.2. The number of aryl methyl sites for hydroxylation is 1. The van der Waals surface area contributed by atoms with Crippen LogP contribution in [-0.4, -0.2) is 32.6 Å². The second kappa shape index (κ2) is 6.21. The van der Waals surface area contributed by atoms with Crippen molar-refractivity contribution < 1.29 is 4.79 Å². The zero-order valence-corrected chi connectivity index (χ0v) is 15.8. The van der Waals surface area contributed by atoms with Crippen LogP contribution in [0.5, 0.6) is 0 Å². The van der Waals surface area contributed by atoms with Crippen LogP contribution in [0, 0.1) is 5.41 Å². The smallest absolute Gasteiger partial charge is 0.318 e. The molecule has 1 aliphatic heterocycles. The van der Waals surface area contributed by atoms with Crippen molar-refractivity contribution in [2.75, 3.05) is 6.54 Å². The fourth-order valence-corrected chi connectivity index (χ4v) is 3.33. The Balaban J connectivity index is 1.79. The van der Waals surface area contributed by atoms with E-state index in [4.69, 9.17) is 0 Å². The molecule has 1 atom stereocenters. The molecule has 1 aromatic carbocycles. The molecule has 5 nitrogen and oxygen atoms in total. The van der Waals surface area contributed by atoms with Crippen LogP contribution in [0.15, 0.2) is 42.7 Å². The van der Waals surface area contributed by atoms with Crippen molar-refractivity contribution in [1.29, 1.82) is 0 Å². The van der Waals surface area contributed by atoms with Crippen molar-refractivity contribution in [3.8, 4) is 0 Å². The van der Waals surface area contributed by atoms with Crippen LogP contribution in [0.1, 0.15) is 45.1 Å². The minimum atomic E-state index is -0.151. The van der Waals surface area contributed by atoms with Crippen LogP contribution in [-0.2, 0) is 13.5 Å². The number of carbonyl (C=O) groups is 1. The monoisotopic (exact) mass is 340 g/mol. The van der Waals surface area contributed by atoms with Gasteiger partial charge in [-0.2, -0.15) is 0 Å². The van der Waals surface area contributed by atoms with E-state index < -0.39 is 0 Å². The van der Waals surface area contributed by atoms with E-state index in [2.05, 4.69) is 50.1 Å². The quantitative estimate of drug-likeness (QED) is 0.925. The molecule has 2 heterocycles. The molecule has 0 saturated carbocycles. The van der Waals surface area contributed by atoms with Gasteiger partial charge in [0.25, 0.3) is 0 Å². The van der Waals surface area contributed by atoms with Crippen LogP contribution in [0.2, 0.25) is 0 Å². The van der Waals surface area contributed by atoms with Gasteiger partial charge in [0.15, 0.2) is 0 Å². The summed E-state index contributed by atoms with van der Waals surface area (Å²) in [4.78, 5) is 19.3. The molecule has 1 N–H and O–H groups in total. The number of hydrogen-bond acceptors (Lipinski definition) is 2. The lowest BCUT2D eigenvalue weighted by Gasteiger charge is -2.61. The summed E-state index contributed by atoms with van der Waals surface area (Å²) in [6.45, 7) is 9.45. The van der Waals surface area contributed by atoms with Gasteiger partial charge in [0.05, 0.1) is 6.04 Å². The van der Waals surface area contributed by atoms with Gasteiger partial charge in [-0.25, -0.2) is 9.78 Å². The third-order valence-electron chi connectivity index (χ3n) is 5.94. The Morgan fingerprint density at radius 2 is 1.92 bits per heavy atom. The van der Waals surface area contributed by atoms with E-state index >= 15 is 0 Å². The highest BCUT2D eigenvalue weighted by molar-refractivity contribution is 5.77. The van der Waals surface area contributed by atoms with Crippen molar-refractivity contribution in [3.63, 3.8) is 0 Å². The lowest BCUT2D eigenvalue weighted by Crippen LogP contribution is -2.72. The van der Waals surface area contributed by atoms with E-state index in [1.54, 1.807) is 6.20 Å². The predicted octanol–water partition coefficient (Wildman–Crippen LogP) is 3.53. The lowest BCUT2D eigenvalue weighted by molar-refractivity contribution is -0.0813. The number of aromatic nitrogens is 2. The number of hydrogen-bond donors (Lipinski definition) is 1. The molecule has 2 amide bonds. The fraction of sp³-hybridized carbons (Fsp3) is 0.500. The highest BCUT2D eigenvalue weighted by Gasteiger charge is 2.54. The number of nitrogens with zero attached hydrogens (tertiary/aromatic N) is 3. The van der Waals surface area contributed by atoms with E-state index in [0.29, 0.717) is 6.42 Å². The minimum absolute atomic E-state index is 0.00705. The van der Waals surface area contributed by atoms with Gasteiger partial charge in [-0.3, -0.25) is 0 Å². The second-order valence-electron chi connectivity index (χ2n) is 8.10. The van der Waals surface area contributed by atoms with Crippen molar-refractivity contribution in [3.05, 3.63) is 54.1 Å². The Labute approximate surface area is 150 Å². The van der Waals surface area contributed by atoms with Crippen LogP contribution < -0.4 is 5.32 Å². The van der Waals surface area contributed by atoms with E-state index in [0.717, 1.165) is 17.9 Å². The molecule has 2 aromatic rings. The summed E-state index contributed by atoms with van der Waals surface area (Å²) in [6.07, 6.45) is 4.39. The van der Waals surface area contributed by atoms with Crippen LogP contribution in [0.4, 0.5) is 4.79 Å². The number of likely N-dealkylation sites (tertiary alicyclic amines) is 1. The third kappa shape index (κ3) is 3.15.